The Morgan fingerprint density at radius 1 is 0.939 bits per heavy atom. The molecule has 0 aliphatic rings. The number of carboxylic acid groups (broad SMARTS) is 1. The van der Waals surface area contributed by atoms with E-state index in [1.807, 2.05) is 13.8 Å². The third-order valence-electron chi connectivity index (χ3n) is 5.23. The molecule has 4 rings (SSSR count). The normalized spacial score (nSPS) is 11.6. The number of hydrogen-bond acceptors (Lipinski definition) is 5. The predicted molar refractivity (Wildman–Crippen MR) is 125 cm³/mol. The van der Waals surface area contributed by atoms with Crippen LogP contribution in [0, 0.1) is 0 Å². The van der Waals surface area contributed by atoms with Gasteiger partial charge >= 0.3 is 5.97 Å². The topological polar surface area (TPSA) is 102 Å². The van der Waals surface area contributed by atoms with Crippen molar-refractivity contribution >= 4 is 27.4 Å². The van der Waals surface area contributed by atoms with Gasteiger partial charge in [0.1, 0.15) is 5.69 Å². The highest BCUT2D eigenvalue weighted by atomic mass is 35.5. The van der Waals surface area contributed by atoms with Crippen LogP contribution in [0.4, 0.5) is 0 Å². The smallest absolute Gasteiger partial charge is 0.335 e. The Labute approximate surface area is 196 Å². The SMILES string of the molecule is CC(C)c1ccc(S(=O)(=O)c2nnn(-c3ccc(C(=O)O)cc3)c2-c2ccc(Cl)cc2)cc1. The first-order valence-electron chi connectivity index (χ1n) is 10.1. The molecule has 1 N–H and O–H groups in total. The van der Waals surface area contributed by atoms with Crippen molar-refractivity contribution in [1.82, 2.24) is 15.0 Å². The van der Waals surface area contributed by atoms with Crippen LogP contribution in [0.15, 0.2) is 82.7 Å². The Bertz CT molecular complexity index is 1410. The van der Waals surface area contributed by atoms with Gasteiger partial charge in [0.25, 0.3) is 0 Å². The molecule has 1 heterocycles. The van der Waals surface area contributed by atoms with E-state index in [0.717, 1.165) is 5.56 Å². The van der Waals surface area contributed by atoms with Crippen molar-refractivity contribution < 1.29 is 18.3 Å². The minimum absolute atomic E-state index is 0.102. The number of benzene rings is 3. The van der Waals surface area contributed by atoms with Crippen LogP contribution in [0.5, 0.6) is 0 Å². The molecule has 1 aromatic heterocycles. The molecule has 0 aliphatic heterocycles. The molecule has 0 saturated carbocycles. The highest BCUT2D eigenvalue weighted by Gasteiger charge is 2.29. The van der Waals surface area contributed by atoms with Crippen LogP contribution in [0.3, 0.4) is 0 Å². The Morgan fingerprint density at radius 3 is 2.09 bits per heavy atom. The van der Waals surface area contributed by atoms with E-state index < -0.39 is 15.8 Å². The Morgan fingerprint density at radius 2 is 1.55 bits per heavy atom. The summed E-state index contributed by atoms with van der Waals surface area (Å²) in [6.07, 6.45) is 0. The van der Waals surface area contributed by atoms with Crippen LogP contribution < -0.4 is 0 Å². The van der Waals surface area contributed by atoms with Gasteiger partial charge in [-0.3, -0.25) is 0 Å². The second kappa shape index (κ2) is 8.80. The molecule has 0 unspecified atom stereocenters. The Kier molecular flexibility index (Phi) is 6.05. The van der Waals surface area contributed by atoms with Crippen LogP contribution in [0.1, 0.15) is 35.7 Å². The van der Waals surface area contributed by atoms with Crippen LogP contribution in [-0.4, -0.2) is 34.5 Å². The Hall–Kier alpha value is -3.49. The molecule has 9 heteroatoms. The fraction of sp³-hybridized carbons (Fsp3) is 0.125. The van der Waals surface area contributed by atoms with Gasteiger partial charge in [0.05, 0.1) is 16.1 Å². The number of nitrogens with zero attached hydrogens (tertiary/aromatic N) is 3. The van der Waals surface area contributed by atoms with Gasteiger partial charge in [-0.2, -0.15) is 0 Å². The fourth-order valence-corrected chi connectivity index (χ4v) is 4.82. The van der Waals surface area contributed by atoms with Crippen LogP contribution >= 0.6 is 11.6 Å². The molecule has 3 aromatic carbocycles. The summed E-state index contributed by atoms with van der Waals surface area (Å²) in [5.74, 6) is -0.799. The average Bonchev–Trinajstić information content (AvgIpc) is 3.26. The number of aromatic nitrogens is 3. The summed E-state index contributed by atoms with van der Waals surface area (Å²) in [5.41, 5.74) is 2.39. The molecule has 4 aromatic rings. The van der Waals surface area contributed by atoms with Gasteiger partial charge in [0.15, 0.2) is 0 Å². The van der Waals surface area contributed by atoms with Crippen molar-refractivity contribution in [2.75, 3.05) is 0 Å². The van der Waals surface area contributed by atoms with Gasteiger partial charge in [0, 0.05) is 10.6 Å². The maximum Gasteiger partial charge on any atom is 0.335 e. The Balaban J connectivity index is 1.89. The number of rotatable bonds is 6. The van der Waals surface area contributed by atoms with Gasteiger partial charge in [-0.15, -0.1) is 5.10 Å². The lowest BCUT2D eigenvalue weighted by molar-refractivity contribution is 0.0697. The van der Waals surface area contributed by atoms with Crippen LogP contribution in [-0.2, 0) is 9.84 Å². The second-order valence-corrected chi connectivity index (χ2v) is 10.0. The molecule has 0 saturated heterocycles. The molecule has 0 fully saturated rings. The summed E-state index contributed by atoms with van der Waals surface area (Å²) in [7, 11) is -4.00. The fourth-order valence-electron chi connectivity index (χ4n) is 3.37. The van der Waals surface area contributed by atoms with Gasteiger partial charge in [-0.25, -0.2) is 17.9 Å². The quantitative estimate of drug-likeness (QED) is 0.404. The number of carbonyl (C=O) groups is 1. The molecule has 7 nitrogen and oxygen atoms in total. The van der Waals surface area contributed by atoms with Gasteiger partial charge in [0.2, 0.25) is 14.9 Å². The predicted octanol–water partition coefficient (Wildman–Crippen LogP) is 5.24. The first-order valence-corrected chi connectivity index (χ1v) is 11.9. The van der Waals surface area contributed by atoms with E-state index in [4.69, 9.17) is 16.7 Å². The zero-order valence-electron chi connectivity index (χ0n) is 17.8. The summed E-state index contributed by atoms with van der Waals surface area (Å²) in [6.45, 7) is 4.06. The van der Waals surface area contributed by atoms with E-state index >= 15 is 0 Å². The van der Waals surface area contributed by atoms with E-state index in [-0.39, 0.29) is 27.1 Å². The molecule has 0 amide bonds. The first kappa shape index (κ1) is 22.7. The number of sulfone groups is 1. The van der Waals surface area contributed by atoms with Crippen LogP contribution in [0.25, 0.3) is 16.9 Å². The van der Waals surface area contributed by atoms with Crippen molar-refractivity contribution in [2.24, 2.45) is 0 Å². The average molecular weight is 482 g/mol. The van der Waals surface area contributed by atoms with E-state index in [1.54, 1.807) is 60.7 Å². The van der Waals surface area contributed by atoms with Crippen molar-refractivity contribution in [3.05, 3.63) is 88.9 Å². The summed E-state index contributed by atoms with van der Waals surface area (Å²) in [5, 5.41) is 17.6. The van der Waals surface area contributed by atoms with E-state index in [1.165, 1.54) is 16.8 Å². The maximum absolute atomic E-state index is 13.5. The molecule has 0 radical (unpaired) electrons. The molecular formula is C24H20ClN3O4S. The standard InChI is InChI=1S/C24H20ClN3O4S/c1-15(2)16-7-13-21(14-8-16)33(31,32)23-22(17-3-9-19(25)10-4-17)28(27-26-23)20-11-5-18(6-12-20)24(29)30/h3-15H,1-2H3,(H,29,30). The molecule has 0 bridgehead atoms. The summed E-state index contributed by atoms with van der Waals surface area (Å²) in [4.78, 5) is 11.3. The molecular weight excluding hydrogens is 462 g/mol. The van der Waals surface area contributed by atoms with Gasteiger partial charge in [-0.05, 0) is 60.0 Å². The highest BCUT2D eigenvalue weighted by Crippen LogP contribution is 2.33. The summed E-state index contributed by atoms with van der Waals surface area (Å²) >= 11 is 6.03. The number of carboxylic acids is 1. The van der Waals surface area contributed by atoms with E-state index in [2.05, 4.69) is 10.3 Å². The molecule has 33 heavy (non-hydrogen) atoms. The monoisotopic (exact) mass is 481 g/mol. The van der Waals surface area contributed by atoms with Crippen LogP contribution in [0.2, 0.25) is 5.02 Å². The summed E-state index contributed by atoms with van der Waals surface area (Å²) in [6, 6.07) is 19.3. The molecule has 168 valence electrons. The van der Waals surface area contributed by atoms with Crippen molar-refractivity contribution in [1.29, 1.82) is 0 Å². The first-order chi connectivity index (χ1) is 15.7. The number of aromatic carboxylic acids is 1. The number of hydrogen-bond donors (Lipinski definition) is 1. The highest BCUT2D eigenvalue weighted by molar-refractivity contribution is 7.91. The lowest BCUT2D eigenvalue weighted by Crippen LogP contribution is -2.06. The van der Waals surface area contributed by atoms with Gasteiger partial charge in [-0.1, -0.05) is 54.9 Å². The third kappa shape index (κ3) is 4.40. The van der Waals surface area contributed by atoms with Crippen molar-refractivity contribution in [3.8, 4) is 16.9 Å². The minimum Gasteiger partial charge on any atom is -0.478 e. The van der Waals surface area contributed by atoms with Crippen molar-refractivity contribution in [3.63, 3.8) is 0 Å². The van der Waals surface area contributed by atoms with E-state index in [0.29, 0.717) is 16.3 Å². The zero-order chi connectivity index (χ0) is 23.8. The second-order valence-electron chi connectivity index (χ2n) is 7.74. The largest absolute Gasteiger partial charge is 0.478 e. The minimum atomic E-state index is -4.00. The molecule has 0 atom stereocenters. The van der Waals surface area contributed by atoms with E-state index in [9.17, 15) is 13.2 Å². The summed E-state index contributed by atoms with van der Waals surface area (Å²) < 4.78 is 28.5. The van der Waals surface area contributed by atoms with Crippen molar-refractivity contribution in [2.45, 2.75) is 29.7 Å². The lowest BCUT2D eigenvalue weighted by Gasteiger charge is -2.10. The zero-order valence-corrected chi connectivity index (χ0v) is 19.4. The molecule has 0 spiro atoms. The third-order valence-corrected chi connectivity index (χ3v) is 7.16. The lowest BCUT2D eigenvalue weighted by atomic mass is 10.0. The number of halogens is 1. The molecule has 0 aliphatic carbocycles. The van der Waals surface area contributed by atoms with Gasteiger partial charge < -0.3 is 5.11 Å². The maximum atomic E-state index is 13.5.